The molecule has 1 atom stereocenters. The molecule has 1 aliphatic heterocycles. The molecule has 1 aromatic carbocycles. The summed E-state index contributed by atoms with van der Waals surface area (Å²) in [6, 6.07) is 5.67. The smallest absolute Gasteiger partial charge is 0.313 e. The largest absolute Gasteiger partial charge is 0.376 e. The van der Waals surface area contributed by atoms with Crippen LogP contribution >= 0.6 is 0 Å². The number of anilines is 1. The summed E-state index contributed by atoms with van der Waals surface area (Å²) in [5, 5.41) is 4.68. The van der Waals surface area contributed by atoms with Gasteiger partial charge in [0.25, 0.3) is 0 Å². The maximum absolute atomic E-state index is 13.3. The molecule has 0 aliphatic carbocycles. The molecule has 19 heavy (non-hydrogen) atoms. The van der Waals surface area contributed by atoms with Crippen molar-refractivity contribution in [1.82, 2.24) is 5.32 Å². The quantitative estimate of drug-likeness (QED) is 0.804. The Morgan fingerprint density at radius 3 is 2.79 bits per heavy atom. The summed E-state index contributed by atoms with van der Waals surface area (Å²) >= 11 is 0. The van der Waals surface area contributed by atoms with Gasteiger partial charge in [-0.25, -0.2) is 4.39 Å². The lowest BCUT2D eigenvalue weighted by molar-refractivity contribution is -0.136. The van der Waals surface area contributed by atoms with Crippen LogP contribution in [0.2, 0.25) is 0 Å². The third kappa shape index (κ3) is 3.75. The van der Waals surface area contributed by atoms with Gasteiger partial charge in [0.2, 0.25) is 0 Å². The summed E-state index contributed by atoms with van der Waals surface area (Å²) in [4.78, 5) is 23.1. The molecule has 0 saturated carbocycles. The molecule has 1 saturated heterocycles. The van der Waals surface area contributed by atoms with Gasteiger partial charge in [0, 0.05) is 13.2 Å². The van der Waals surface area contributed by atoms with Gasteiger partial charge >= 0.3 is 11.8 Å². The van der Waals surface area contributed by atoms with Crippen molar-refractivity contribution in [2.24, 2.45) is 0 Å². The van der Waals surface area contributed by atoms with Crippen molar-refractivity contribution in [2.45, 2.75) is 18.9 Å². The molecule has 5 nitrogen and oxygen atoms in total. The second kappa shape index (κ2) is 6.29. The van der Waals surface area contributed by atoms with E-state index in [9.17, 15) is 14.0 Å². The minimum atomic E-state index is -0.886. The van der Waals surface area contributed by atoms with Crippen LogP contribution < -0.4 is 10.6 Å². The van der Waals surface area contributed by atoms with Crippen LogP contribution in [0, 0.1) is 5.82 Å². The van der Waals surface area contributed by atoms with Crippen LogP contribution in [0.15, 0.2) is 24.3 Å². The number of rotatable bonds is 3. The third-order valence-corrected chi connectivity index (χ3v) is 2.84. The van der Waals surface area contributed by atoms with Crippen LogP contribution in [0.25, 0.3) is 0 Å². The number of nitrogens with one attached hydrogen (secondary N) is 2. The molecule has 1 aliphatic rings. The minimum Gasteiger partial charge on any atom is -0.376 e. The van der Waals surface area contributed by atoms with Gasteiger partial charge in [0.1, 0.15) is 5.82 Å². The normalized spacial score (nSPS) is 18.1. The van der Waals surface area contributed by atoms with E-state index in [0.717, 1.165) is 12.8 Å². The molecule has 0 bridgehead atoms. The number of carbonyl (C=O) groups excluding carboxylic acids is 2. The van der Waals surface area contributed by atoms with E-state index in [1.54, 1.807) is 6.07 Å². The van der Waals surface area contributed by atoms with Crippen molar-refractivity contribution in [3.63, 3.8) is 0 Å². The van der Waals surface area contributed by atoms with Crippen molar-refractivity contribution in [1.29, 1.82) is 0 Å². The van der Waals surface area contributed by atoms with Gasteiger partial charge < -0.3 is 15.4 Å². The first kappa shape index (κ1) is 13.5. The number of ether oxygens (including phenoxy) is 1. The molecular weight excluding hydrogens is 251 g/mol. The Morgan fingerprint density at radius 1 is 1.32 bits per heavy atom. The molecule has 102 valence electrons. The van der Waals surface area contributed by atoms with Crippen LogP contribution in [0.1, 0.15) is 12.8 Å². The zero-order valence-corrected chi connectivity index (χ0v) is 10.3. The van der Waals surface area contributed by atoms with Crippen molar-refractivity contribution in [3.05, 3.63) is 30.1 Å². The average Bonchev–Trinajstić information content (AvgIpc) is 2.91. The lowest BCUT2D eigenvalue weighted by Crippen LogP contribution is -2.39. The van der Waals surface area contributed by atoms with Crippen molar-refractivity contribution >= 4 is 17.5 Å². The van der Waals surface area contributed by atoms with E-state index in [1.165, 1.54) is 18.2 Å². The second-order valence-electron chi connectivity index (χ2n) is 4.28. The van der Waals surface area contributed by atoms with Crippen LogP contribution in [0.4, 0.5) is 10.1 Å². The predicted molar refractivity (Wildman–Crippen MR) is 67.0 cm³/mol. The Kier molecular flexibility index (Phi) is 4.46. The highest BCUT2D eigenvalue weighted by Gasteiger charge is 2.19. The lowest BCUT2D eigenvalue weighted by Gasteiger charge is -2.10. The van der Waals surface area contributed by atoms with E-state index in [-0.39, 0.29) is 11.8 Å². The van der Waals surface area contributed by atoms with Crippen LogP contribution in [-0.2, 0) is 14.3 Å². The van der Waals surface area contributed by atoms with E-state index >= 15 is 0 Å². The molecule has 1 heterocycles. The summed E-state index contributed by atoms with van der Waals surface area (Å²) in [5.41, 5.74) is -0.0141. The Labute approximate surface area is 110 Å². The third-order valence-electron chi connectivity index (χ3n) is 2.84. The number of hydrogen-bond donors (Lipinski definition) is 2. The van der Waals surface area contributed by atoms with E-state index in [1.807, 2.05) is 0 Å². The molecule has 0 radical (unpaired) electrons. The van der Waals surface area contributed by atoms with Crippen LogP contribution in [0.3, 0.4) is 0 Å². The minimum absolute atomic E-state index is 0.0141. The van der Waals surface area contributed by atoms with Crippen molar-refractivity contribution < 1.29 is 18.7 Å². The predicted octanol–water partition coefficient (Wildman–Crippen LogP) is 1.06. The van der Waals surface area contributed by atoms with E-state index < -0.39 is 17.6 Å². The molecule has 2 N–H and O–H groups in total. The van der Waals surface area contributed by atoms with Gasteiger partial charge in [0.15, 0.2) is 0 Å². The molecular formula is C13H15FN2O3. The van der Waals surface area contributed by atoms with Crippen molar-refractivity contribution in [3.8, 4) is 0 Å². The molecule has 2 amide bonds. The number of para-hydroxylation sites is 1. The Morgan fingerprint density at radius 2 is 2.11 bits per heavy atom. The highest BCUT2D eigenvalue weighted by Crippen LogP contribution is 2.12. The van der Waals surface area contributed by atoms with E-state index in [0.29, 0.717) is 13.2 Å². The van der Waals surface area contributed by atoms with Gasteiger partial charge in [-0.2, -0.15) is 0 Å². The van der Waals surface area contributed by atoms with Crippen LogP contribution in [0.5, 0.6) is 0 Å². The maximum Gasteiger partial charge on any atom is 0.313 e. The fraction of sp³-hybridized carbons (Fsp3) is 0.385. The Hall–Kier alpha value is -1.95. The van der Waals surface area contributed by atoms with Gasteiger partial charge in [-0.3, -0.25) is 9.59 Å². The number of amides is 2. The fourth-order valence-electron chi connectivity index (χ4n) is 1.83. The van der Waals surface area contributed by atoms with Gasteiger partial charge in [-0.1, -0.05) is 12.1 Å². The molecule has 0 aromatic heterocycles. The van der Waals surface area contributed by atoms with E-state index in [2.05, 4.69) is 10.6 Å². The van der Waals surface area contributed by atoms with Crippen molar-refractivity contribution in [2.75, 3.05) is 18.5 Å². The first-order valence-electron chi connectivity index (χ1n) is 6.12. The van der Waals surface area contributed by atoms with Gasteiger partial charge in [-0.15, -0.1) is 0 Å². The van der Waals surface area contributed by atoms with Gasteiger partial charge in [-0.05, 0) is 25.0 Å². The Bertz CT molecular complexity index is 473. The molecule has 2 rings (SSSR count). The van der Waals surface area contributed by atoms with E-state index in [4.69, 9.17) is 4.74 Å². The molecule has 6 heteroatoms. The standard InChI is InChI=1S/C13H15FN2O3/c14-10-5-1-2-6-11(10)16-13(18)12(17)15-8-9-4-3-7-19-9/h1-2,5-6,9H,3-4,7-8H2,(H,15,17)(H,16,18)/t9-/m1/s1. The molecule has 1 aromatic rings. The average molecular weight is 266 g/mol. The maximum atomic E-state index is 13.3. The SMILES string of the molecule is O=C(NC[C@H]1CCCO1)C(=O)Nc1ccccc1F. The van der Waals surface area contributed by atoms with Crippen LogP contribution in [-0.4, -0.2) is 31.1 Å². The zero-order valence-electron chi connectivity index (χ0n) is 10.3. The zero-order chi connectivity index (χ0) is 13.7. The van der Waals surface area contributed by atoms with Gasteiger partial charge in [0.05, 0.1) is 11.8 Å². The second-order valence-corrected chi connectivity index (χ2v) is 4.28. The number of hydrogen-bond acceptors (Lipinski definition) is 3. The first-order valence-corrected chi connectivity index (χ1v) is 6.12. The summed E-state index contributed by atoms with van der Waals surface area (Å²) in [6.45, 7) is 0.978. The Balaban J connectivity index is 1.82. The molecule has 0 spiro atoms. The monoisotopic (exact) mass is 266 g/mol. The molecule has 1 fully saturated rings. The summed E-state index contributed by atoms with van der Waals surface area (Å²) in [6.07, 6.45) is 1.79. The fourth-order valence-corrected chi connectivity index (χ4v) is 1.83. The number of benzene rings is 1. The summed E-state index contributed by atoms with van der Waals surface area (Å²) < 4.78 is 18.6. The summed E-state index contributed by atoms with van der Waals surface area (Å²) in [7, 11) is 0. The summed E-state index contributed by atoms with van der Waals surface area (Å²) in [5.74, 6) is -2.26. The molecule has 0 unspecified atom stereocenters. The number of carbonyl (C=O) groups is 2. The topological polar surface area (TPSA) is 67.4 Å². The lowest BCUT2D eigenvalue weighted by atomic mass is 10.2. The highest BCUT2D eigenvalue weighted by molar-refractivity contribution is 6.39. The first-order chi connectivity index (χ1) is 9.16. The number of halogens is 1. The highest BCUT2D eigenvalue weighted by atomic mass is 19.1.